The van der Waals surface area contributed by atoms with Gasteiger partial charge < -0.3 is 0 Å². The molecule has 1 aliphatic carbocycles. The fourth-order valence-electron chi connectivity index (χ4n) is 2.30. The molecule has 104 valence electrons. The van der Waals surface area contributed by atoms with Crippen LogP contribution in [0.2, 0.25) is 5.15 Å². The second kappa shape index (κ2) is 5.60. The Bertz CT molecular complexity index is 651. The predicted octanol–water partition coefficient (Wildman–Crippen LogP) is 5.40. The molecular formula is C16H16ClIN2. The van der Waals surface area contributed by atoms with Gasteiger partial charge in [-0.15, -0.1) is 0 Å². The van der Waals surface area contributed by atoms with Gasteiger partial charge in [0.05, 0.1) is 9.26 Å². The standard InChI is InChI=1S/C16H16ClIN2/c1-9(2)14-13(18)15(17)20-16(19-14)12-5-3-4-11(8-12)10-6-7-10/h3-5,8-10H,6-7H2,1-2H3. The molecule has 2 nitrogen and oxygen atoms in total. The lowest BCUT2D eigenvalue weighted by Gasteiger charge is -2.11. The van der Waals surface area contributed by atoms with Crippen LogP contribution in [0.3, 0.4) is 0 Å². The van der Waals surface area contributed by atoms with Gasteiger partial charge in [-0.1, -0.05) is 43.6 Å². The van der Waals surface area contributed by atoms with Crippen molar-refractivity contribution in [3.05, 3.63) is 44.2 Å². The summed E-state index contributed by atoms with van der Waals surface area (Å²) in [6.45, 7) is 4.26. The number of benzene rings is 1. The minimum Gasteiger partial charge on any atom is -0.232 e. The minimum absolute atomic E-state index is 0.341. The summed E-state index contributed by atoms with van der Waals surface area (Å²) in [7, 11) is 0. The molecule has 1 aromatic carbocycles. The molecule has 1 saturated carbocycles. The first kappa shape index (κ1) is 14.3. The maximum absolute atomic E-state index is 6.27. The van der Waals surface area contributed by atoms with Crippen molar-refractivity contribution in [2.45, 2.75) is 38.5 Å². The molecule has 0 saturated heterocycles. The van der Waals surface area contributed by atoms with E-state index < -0.39 is 0 Å². The van der Waals surface area contributed by atoms with Crippen LogP contribution in [-0.2, 0) is 0 Å². The Hall–Kier alpha value is -0.680. The normalized spacial score (nSPS) is 14.8. The summed E-state index contributed by atoms with van der Waals surface area (Å²) in [6, 6.07) is 8.56. The molecule has 1 aromatic heterocycles. The van der Waals surface area contributed by atoms with E-state index in [1.54, 1.807) is 0 Å². The summed E-state index contributed by atoms with van der Waals surface area (Å²) in [5.74, 6) is 1.81. The molecule has 0 unspecified atom stereocenters. The Morgan fingerprint density at radius 2 is 2.00 bits per heavy atom. The number of nitrogens with zero attached hydrogens (tertiary/aromatic N) is 2. The van der Waals surface area contributed by atoms with Gasteiger partial charge >= 0.3 is 0 Å². The lowest BCUT2D eigenvalue weighted by molar-refractivity contribution is 0.808. The van der Waals surface area contributed by atoms with Crippen LogP contribution in [0.25, 0.3) is 11.4 Å². The molecule has 1 aliphatic rings. The average molecular weight is 399 g/mol. The van der Waals surface area contributed by atoms with Crippen LogP contribution in [0.15, 0.2) is 24.3 Å². The lowest BCUT2D eigenvalue weighted by atomic mass is 10.1. The summed E-state index contributed by atoms with van der Waals surface area (Å²) >= 11 is 8.50. The molecule has 0 radical (unpaired) electrons. The van der Waals surface area contributed by atoms with E-state index in [-0.39, 0.29) is 0 Å². The smallest absolute Gasteiger partial charge is 0.161 e. The fourth-order valence-corrected chi connectivity index (χ4v) is 3.34. The van der Waals surface area contributed by atoms with E-state index in [2.05, 4.69) is 65.7 Å². The zero-order valence-electron chi connectivity index (χ0n) is 11.5. The molecule has 1 fully saturated rings. The summed E-state index contributed by atoms with van der Waals surface area (Å²) in [4.78, 5) is 9.17. The van der Waals surface area contributed by atoms with E-state index >= 15 is 0 Å². The van der Waals surface area contributed by atoms with Gasteiger partial charge in [-0.25, -0.2) is 9.97 Å². The quantitative estimate of drug-likeness (QED) is 0.511. The number of halogens is 2. The summed E-state index contributed by atoms with van der Waals surface area (Å²) in [5.41, 5.74) is 3.49. The number of aromatic nitrogens is 2. The zero-order valence-corrected chi connectivity index (χ0v) is 14.4. The van der Waals surface area contributed by atoms with Gasteiger partial charge in [0.15, 0.2) is 5.82 Å². The number of rotatable bonds is 3. The van der Waals surface area contributed by atoms with E-state index in [1.165, 1.54) is 18.4 Å². The van der Waals surface area contributed by atoms with Crippen molar-refractivity contribution in [1.29, 1.82) is 0 Å². The lowest BCUT2D eigenvalue weighted by Crippen LogP contribution is -2.02. The van der Waals surface area contributed by atoms with E-state index in [0.717, 1.165) is 26.6 Å². The van der Waals surface area contributed by atoms with Crippen LogP contribution >= 0.6 is 34.2 Å². The van der Waals surface area contributed by atoms with Crippen molar-refractivity contribution < 1.29 is 0 Å². The molecule has 3 rings (SSSR count). The van der Waals surface area contributed by atoms with E-state index in [4.69, 9.17) is 16.6 Å². The first-order valence-electron chi connectivity index (χ1n) is 6.89. The zero-order chi connectivity index (χ0) is 14.3. The molecule has 0 spiro atoms. The average Bonchev–Trinajstić information content (AvgIpc) is 3.26. The molecule has 4 heteroatoms. The molecule has 0 amide bonds. The molecule has 20 heavy (non-hydrogen) atoms. The van der Waals surface area contributed by atoms with Crippen LogP contribution in [0.5, 0.6) is 0 Å². The van der Waals surface area contributed by atoms with Crippen LogP contribution < -0.4 is 0 Å². The third kappa shape index (κ3) is 2.84. The molecule has 2 aromatic rings. The van der Waals surface area contributed by atoms with E-state index in [0.29, 0.717) is 11.1 Å². The van der Waals surface area contributed by atoms with Crippen LogP contribution in [0, 0.1) is 3.57 Å². The van der Waals surface area contributed by atoms with Crippen molar-refractivity contribution in [2.75, 3.05) is 0 Å². The fraction of sp³-hybridized carbons (Fsp3) is 0.375. The minimum atomic E-state index is 0.341. The highest BCUT2D eigenvalue weighted by Gasteiger charge is 2.24. The van der Waals surface area contributed by atoms with Gasteiger partial charge in [0.1, 0.15) is 5.15 Å². The maximum atomic E-state index is 6.27. The highest BCUT2D eigenvalue weighted by Crippen LogP contribution is 2.41. The predicted molar refractivity (Wildman–Crippen MR) is 91.3 cm³/mol. The molecule has 0 atom stereocenters. The topological polar surface area (TPSA) is 25.8 Å². The van der Waals surface area contributed by atoms with Crippen molar-refractivity contribution in [3.8, 4) is 11.4 Å². The highest BCUT2D eigenvalue weighted by atomic mass is 127. The second-order valence-electron chi connectivity index (χ2n) is 5.59. The Labute approximate surface area is 138 Å². The summed E-state index contributed by atoms with van der Waals surface area (Å²) in [5, 5.41) is 0.552. The monoisotopic (exact) mass is 398 g/mol. The van der Waals surface area contributed by atoms with E-state index in [1.807, 2.05) is 0 Å². The maximum Gasteiger partial charge on any atom is 0.161 e. The highest BCUT2D eigenvalue weighted by molar-refractivity contribution is 14.1. The van der Waals surface area contributed by atoms with Gasteiger partial charge in [0, 0.05) is 5.56 Å². The van der Waals surface area contributed by atoms with Gasteiger partial charge in [-0.2, -0.15) is 0 Å². The first-order chi connectivity index (χ1) is 9.56. The molecule has 1 heterocycles. The van der Waals surface area contributed by atoms with E-state index in [9.17, 15) is 0 Å². The van der Waals surface area contributed by atoms with Gasteiger partial charge in [0.2, 0.25) is 0 Å². The SMILES string of the molecule is CC(C)c1nc(-c2cccc(C3CC3)c2)nc(Cl)c1I. The van der Waals surface area contributed by atoms with Crippen molar-refractivity contribution in [2.24, 2.45) is 0 Å². The first-order valence-corrected chi connectivity index (χ1v) is 8.35. The van der Waals surface area contributed by atoms with Crippen molar-refractivity contribution in [1.82, 2.24) is 9.97 Å². The van der Waals surface area contributed by atoms with Crippen LogP contribution in [0.4, 0.5) is 0 Å². The molecular weight excluding hydrogens is 383 g/mol. The largest absolute Gasteiger partial charge is 0.232 e. The Morgan fingerprint density at radius 3 is 2.65 bits per heavy atom. The van der Waals surface area contributed by atoms with Gasteiger partial charge in [0.25, 0.3) is 0 Å². The number of hydrogen-bond donors (Lipinski definition) is 0. The van der Waals surface area contributed by atoms with Crippen molar-refractivity contribution >= 4 is 34.2 Å². The van der Waals surface area contributed by atoms with Gasteiger partial charge in [-0.05, 0) is 58.9 Å². The molecule has 0 aliphatic heterocycles. The third-order valence-electron chi connectivity index (χ3n) is 3.58. The summed E-state index contributed by atoms with van der Waals surface area (Å²) in [6.07, 6.45) is 2.60. The molecule has 0 N–H and O–H groups in total. The van der Waals surface area contributed by atoms with Crippen LogP contribution in [0.1, 0.15) is 49.8 Å². The van der Waals surface area contributed by atoms with Gasteiger partial charge in [-0.3, -0.25) is 0 Å². The third-order valence-corrected chi connectivity index (χ3v) is 5.23. The van der Waals surface area contributed by atoms with Crippen LogP contribution in [-0.4, -0.2) is 9.97 Å². The molecule has 0 bridgehead atoms. The Morgan fingerprint density at radius 1 is 1.25 bits per heavy atom. The second-order valence-corrected chi connectivity index (χ2v) is 7.03. The number of hydrogen-bond acceptors (Lipinski definition) is 2. The van der Waals surface area contributed by atoms with Crippen molar-refractivity contribution in [3.63, 3.8) is 0 Å². The Kier molecular flexibility index (Phi) is 4.00. The summed E-state index contributed by atoms with van der Waals surface area (Å²) < 4.78 is 0.960. The Balaban J connectivity index is 2.07.